The van der Waals surface area contributed by atoms with Crippen LogP contribution in [0.5, 0.6) is 0 Å². The number of hydrogen-bond donors (Lipinski definition) is 1. The number of thioether (sulfide) groups is 1. The number of para-hydroxylation sites is 2. The third kappa shape index (κ3) is 3.99. The van der Waals surface area contributed by atoms with E-state index in [-0.39, 0.29) is 17.2 Å². The third-order valence-electron chi connectivity index (χ3n) is 5.06. The first-order valence-corrected chi connectivity index (χ1v) is 10.7. The van der Waals surface area contributed by atoms with E-state index in [0.717, 1.165) is 46.8 Å². The van der Waals surface area contributed by atoms with Crippen molar-refractivity contribution in [2.45, 2.75) is 31.1 Å². The third-order valence-corrected chi connectivity index (χ3v) is 6.43. The van der Waals surface area contributed by atoms with Gasteiger partial charge >= 0.3 is 0 Å². The van der Waals surface area contributed by atoms with E-state index in [9.17, 15) is 4.79 Å². The SMILES string of the molecule is CC(SCC(=O)N1CCCC1c1cccc(Cl)c1)c1nc2ccccc2[nH]1. The van der Waals surface area contributed by atoms with Crippen molar-refractivity contribution in [1.29, 1.82) is 0 Å². The molecule has 1 saturated heterocycles. The number of likely N-dealkylation sites (tertiary alicyclic amines) is 1. The summed E-state index contributed by atoms with van der Waals surface area (Å²) in [5.41, 5.74) is 3.13. The van der Waals surface area contributed by atoms with E-state index in [1.165, 1.54) is 0 Å². The maximum atomic E-state index is 12.9. The van der Waals surface area contributed by atoms with Crippen LogP contribution in [-0.4, -0.2) is 33.1 Å². The van der Waals surface area contributed by atoms with Gasteiger partial charge in [0, 0.05) is 11.6 Å². The molecular formula is C21H22ClN3OS. The maximum Gasteiger partial charge on any atom is 0.233 e. The van der Waals surface area contributed by atoms with Crippen molar-refractivity contribution in [3.05, 3.63) is 64.9 Å². The Morgan fingerprint density at radius 3 is 3.00 bits per heavy atom. The highest BCUT2D eigenvalue weighted by molar-refractivity contribution is 8.00. The first-order valence-electron chi connectivity index (χ1n) is 9.23. The molecule has 1 fully saturated rings. The largest absolute Gasteiger partial charge is 0.341 e. The van der Waals surface area contributed by atoms with Crippen LogP contribution in [0.4, 0.5) is 0 Å². The Bertz CT molecular complexity index is 924. The van der Waals surface area contributed by atoms with Gasteiger partial charge in [-0.1, -0.05) is 35.9 Å². The summed E-state index contributed by atoms with van der Waals surface area (Å²) in [6.45, 7) is 2.91. The van der Waals surface area contributed by atoms with E-state index in [0.29, 0.717) is 5.75 Å². The fourth-order valence-corrected chi connectivity index (χ4v) is 4.68. The van der Waals surface area contributed by atoms with Crippen molar-refractivity contribution in [1.82, 2.24) is 14.9 Å². The van der Waals surface area contributed by atoms with E-state index >= 15 is 0 Å². The normalized spacial score (nSPS) is 18.1. The van der Waals surface area contributed by atoms with E-state index < -0.39 is 0 Å². The smallest absolute Gasteiger partial charge is 0.233 e. The van der Waals surface area contributed by atoms with Crippen LogP contribution < -0.4 is 0 Å². The van der Waals surface area contributed by atoms with Crippen LogP contribution in [0.1, 0.15) is 42.4 Å². The molecule has 0 spiro atoms. The molecule has 4 nitrogen and oxygen atoms in total. The van der Waals surface area contributed by atoms with Gasteiger partial charge in [-0.2, -0.15) is 0 Å². The molecule has 1 N–H and O–H groups in total. The summed E-state index contributed by atoms with van der Waals surface area (Å²) in [6, 6.07) is 16.0. The summed E-state index contributed by atoms with van der Waals surface area (Å²) in [5.74, 6) is 1.56. The Kier molecular flexibility index (Phi) is 5.41. The number of H-pyrrole nitrogens is 1. The van der Waals surface area contributed by atoms with Gasteiger partial charge in [-0.05, 0) is 49.6 Å². The van der Waals surface area contributed by atoms with Gasteiger partial charge in [-0.15, -0.1) is 11.8 Å². The van der Waals surface area contributed by atoms with Gasteiger partial charge < -0.3 is 9.88 Å². The number of imidazole rings is 1. The second-order valence-corrected chi connectivity index (χ2v) is 8.66. The molecule has 1 amide bonds. The van der Waals surface area contributed by atoms with Gasteiger partial charge in [0.2, 0.25) is 5.91 Å². The number of fused-ring (bicyclic) bond motifs is 1. The highest BCUT2D eigenvalue weighted by atomic mass is 35.5. The van der Waals surface area contributed by atoms with Crippen molar-refractivity contribution in [2.24, 2.45) is 0 Å². The standard InChI is InChI=1S/C21H22ClN3OS/c1-14(21-23-17-8-2-3-9-18(17)24-21)27-13-20(26)25-11-5-10-19(25)15-6-4-7-16(22)12-15/h2-4,6-9,12,14,19H,5,10-11,13H2,1H3,(H,23,24). The lowest BCUT2D eigenvalue weighted by Crippen LogP contribution is -2.32. The number of carbonyl (C=O) groups excluding carboxylic acids is 1. The molecule has 0 saturated carbocycles. The van der Waals surface area contributed by atoms with Crippen LogP contribution in [0.3, 0.4) is 0 Å². The summed E-state index contributed by atoms with van der Waals surface area (Å²) in [4.78, 5) is 22.9. The molecule has 1 aromatic heterocycles. The Balaban J connectivity index is 1.40. The predicted octanol–water partition coefficient (Wildman–Crippen LogP) is 5.37. The molecule has 1 aliphatic heterocycles. The summed E-state index contributed by atoms with van der Waals surface area (Å²) in [6.07, 6.45) is 2.03. The molecule has 27 heavy (non-hydrogen) atoms. The van der Waals surface area contributed by atoms with Crippen LogP contribution >= 0.6 is 23.4 Å². The minimum Gasteiger partial charge on any atom is -0.341 e. The Labute approximate surface area is 168 Å². The minimum absolute atomic E-state index is 0.133. The monoisotopic (exact) mass is 399 g/mol. The van der Waals surface area contributed by atoms with Gasteiger partial charge in [-0.3, -0.25) is 4.79 Å². The molecule has 6 heteroatoms. The van der Waals surface area contributed by atoms with Gasteiger partial charge in [0.15, 0.2) is 0 Å². The zero-order chi connectivity index (χ0) is 18.8. The topological polar surface area (TPSA) is 49.0 Å². The van der Waals surface area contributed by atoms with Crippen molar-refractivity contribution in [3.8, 4) is 0 Å². The number of nitrogens with one attached hydrogen (secondary N) is 1. The van der Waals surface area contributed by atoms with Crippen molar-refractivity contribution in [2.75, 3.05) is 12.3 Å². The fraction of sp³-hybridized carbons (Fsp3) is 0.333. The lowest BCUT2D eigenvalue weighted by atomic mass is 10.0. The second kappa shape index (κ2) is 7.95. The van der Waals surface area contributed by atoms with Crippen LogP contribution in [-0.2, 0) is 4.79 Å². The summed E-state index contributed by atoms with van der Waals surface area (Å²) in [7, 11) is 0. The molecule has 140 valence electrons. The highest BCUT2D eigenvalue weighted by Crippen LogP contribution is 2.35. The van der Waals surface area contributed by atoms with E-state index in [4.69, 9.17) is 11.6 Å². The predicted molar refractivity (Wildman–Crippen MR) is 112 cm³/mol. The van der Waals surface area contributed by atoms with Crippen LogP contribution in [0, 0.1) is 0 Å². The molecule has 2 heterocycles. The number of hydrogen-bond acceptors (Lipinski definition) is 3. The van der Waals surface area contributed by atoms with E-state index in [1.807, 2.05) is 47.4 Å². The molecule has 2 unspecified atom stereocenters. The Morgan fingerprint density at radius 2 is 2.19 bits per heavy atom. The molecule has 0 bridgehead atoms. The Hall–Kier alpha value is -1.98. The first-order chi connectivity index (χ1) is 13.1. The molecule has 0 radical (unpaired) electrons. The Morgan fingerprint density at radius 1 is 1.33 bits per heavy atom. The average Bonchev–Trinajstić information content (AvgIpc) is 3.32. The van der Waals surface area contributed by atoms with Crippen LogP contribution in [0.2, 0.25) is 5.02 Å². The summed E-state index contributed by atoms with van der Waals surface area (Å²) >= 11 is 7.77. The van der Waals surface area contributed by atoms with Gasteiger partial charge in [-0.25, -0.2) is 4.98 Å². The van der Waals surface area contributed by atoms with Crippen molar-refractivity contribution >= 4 is 40.3 Å². The number of nitrogens with zero attached hydrogens (tertiary/aromatic N) is 2. The van der Waals surface area contributed by atoms with Crippen LogP contribution in [0.25, 0.3) is 11.0 Å². The number of rotatable bonds is 5. The molecule has 1 aliphatic rings. The number of benzene rings is 2. The highest BCUT2D eigenvalue weighted by Gasteiger charge is 2.30. The molecule has 4 rings (SSSR count). The van der Waals surface area contributed by atoms with Gasteiger partial charge in [0.25, 0.3) is 0 Å². The van der Waals surface area contributed by atoms with Gasteiger partial charge in [0.1, 0.15) is 5.82 Å². The number of aromatic nitrogens is 2. The summed E-state index contributed by atoms with van der Waals surface area (Å²) < 4.78 is 0. The molecule has 3 aromatic rings. The van der Waals surface area contributed by atoms with E-state index in [1.54, 1.807) is 11.8 Å². The molecular weight excluding hydrogens is 378 g/mol. The maximum absolute atomic E-state index is 12.9. The molecule has 2 atom stereocenters. The lowest BCUT2D eigenvalue weighted by Gasteiger charge is -2.25. The summed E-state index contributed by atoms with van der Waals surface area (Å²) in [5, 5.41) is 0.855. The van der Waals surface area contributed by atoms with Crippen LogP contribution in [0.15, 0.2) is 48.5 Å². The fourth-order valence-electron chi connectivity index (χ4n) is 3.65. The number of amides is 1. The number of aromatic amines is 1. The zero-order valence-electron chi connectivity index (χ0n) is 15.2. The number of carbonyl (C=O) groups is 1. The second-order valence-electron chi connectivity index (χ2n) is 6.89. The van der Waals surface area contributed by atoms with E-state index in [2.05, 4.69) is 23.0 Å². The number of halogens is 1. The average molecular weight is 400 g/mol. The minimum atomic E-state index is 0.133. The van der Waals surface area contributed by atoms with Crippen molar-refractivity contribution < 1.29 is 4.79 Å². The first kappa shape index (κ1) is 18.4. The van der Waals surface area contributed by atoms with Crippen molar-refractivity contribution in [3.63, 3.8) is 0 Å². The quantitative estimate of drug-likeness (QED) is 0.627. The molecule has 2 aromatic carbocycles. The molecule has 0 aliphatic carbocycles. The zero-order valence-corrected chi connectivity index (χ0v) is 16.8. The lowest BCUT2D eigenvalue weighted by molar-refractivity contribution is -0.129. The van der Waals surface area contributed by atoms with Gasteiger partial charge in [0.05, 0.1) is 28.1 Å².